The molecule has 0 unspecified atom stereocenters. The van der Waals surface area contributed by atoms with E-state index in [1.165, 1.54) is 12.0 Å². The highest BCUT2D eigenvalue weighted by Gasteiger charge is 2.29. The fourth-order valence-electron chi connectivity index (χ4n) is 2.01. The van der Waals surface area contributed by atoms with Gasteiger partial charge in [0.05, 0.1) is 7.11 Å². The number of ether oxygens (including phenoxy) is 1. The number of benzene rings is 1. The van der Waals surface area contributed by atoms with E-state index in [1.54, 1.807) is 0 Å². The Bertz CT molecular complexity index is 506. The number of nitrogens with two attached hydrogens (primary N) is 1. The highest BCUT2D eigenvalue weighted by atomic mass is 16.5. The average Bonchev–Trinajstić information content (AvgIpc) is 2.45. The number of nitrogens with zero attached hydrogens (tertiary/aromatic N) is 1. The molecule has 0 aliphatic rings. The maximum Gasteiger partial charge on any atom is 0.325 e. The number of methoxy groups -OCH3 is 1. The smallest absolute Gasteiger partial charge is 0.325 e. The second-order valence-corrected chi connectivity index (χ2v) is 5.96. The Morgan fingerprint density at radius 3 is 2.24 bits per heavy atom. The van der Waals surface area contributed by atoms with E-state index in [4.69, 9.17) is 5.73 Å². The van der Waals surface area contributed by atoms with E-state index in [0.717, 1.165) is 11.1 Å². The van der Waals surface area contributed by atoms with Gasteiger partial charge < -0.3 is 15.4 Å². The Hall–Kier alpha value is -1.88. The van der Waals surface area contributed by atoms with Gasteiger partial charge in [-0.25, -0.2) is 0 Å². The van der Waals surface area contributed by atoms with Crippen LogP contribution in [0.4, 0.5) is 0 Å². The van der Waals surface area contributed by atoms with E-state index in [1.807, 2.05) is 45.0 Å². The van der Waals surface area contributed by atoms with Gasteiger partial charge in [0.1, 0.15) is 6.54 Å². The van der Waals surface area contributed by atoms with Crippen LogP contribution in [0, 0.1) is 5.41 Å². The number of amides is 1. The molecular weight excluding hydrogens is 268 g/mol. The van der Waals surface area contributed by atoms with Crippen molar-refractivity contribution in [2.75, 3.05) is 13.7 Å². The van der Waals surface area contributed by atoms with Crippen LogP contribution in [0.3, 0.4) is 0 Å². The third kappa shape index (κ3) is 4.86. The van der Waals surface area contributed by atoms with Crippen molar-refractivity contribution in [3.05, 3.63) is 35.4 Å². The van der Waals surface area contributed by atoms with Crippen LogP contribution < -0.4 is 5.73 Å². The maximum absolute atomic E-state index is 12.5. The van der Waals surface area contributed by atoms with Crippen LogP contribution in [-0.2, 0) is 27.4 Å². The van der Waals surface area contributed by atoms with Crippen molar-refractivity contribution in [2.45, 2.75) is 33.9 Å². The standard InChI is InChI=1S/C16H24N2O3/c1-16(2,3)15(20)18(11-14(19)21-4)10-13-8-6-5-7-12(13)9-17/h5-8H,9-11,17H2,1-4H3. The number of rotatable bonds is 5. The Labute approximate surface area is 126 Å². The Morgan fingerprint density at radius 1 is 1.19 bits per heavy atom. The minimum Gasteiger partial charge on any atom is -0.468 e. The largest absolute Gasteiger partial charge is 0.468 e. The van der Waals surface area contributed by atoms with E-state index in [-0.39, 0.29) is 12.5 Å². The quantitative estimate of drug-likeness (QED) is 0.838. The van der Waals surface area contributed by atoms with E-state index in [9.17, 15) is 9.59 Å². The van der Waals surface area contributed by atoms with Gasteiger partial charge in [0, 0.05) is 18.5 Å². The van der Waals surface area contributed by atoms with Crippen LogP contribution in [0.25, 0.3) is 0 Å². The van der Waals surface area contributed by atoms with Crippen LogP contribution in [-0.4, -0.2) is 30.4 Å². The van der Waals surface area contributed by atoms with E-state index in [0.29, 0.717) is 13.1 Å². The molecule has 0 heterocycles. The van der Waals surface area contributed by atoms with Crippen molar-refractivity contribution < 1.29 is 14.3 Å². The summed E-state index contributed by atoms with van der Waals surface area (Å²) in [6.07, 6.45) is 0. The summed E-state index contributed by atoms with van der Waals surface area (Å²) in [5.74, 6) is -0.530. The van der Waals surface area contributed by atoms with Crippen LogP contribution in [0.2, 0.25) is 0 Å². The maximum atomic E-state index is 12.5. The zero-order chi connectivity index (χ0) is 16.0. The molecule has 0 saturated carbocycles. The fraction of sp³-hybridized carbons (Fsp3) is 0.500. The molecule has 116 valence electrons. The monoisotopic (exact) mass is 292 g/mol. The molecule has 0 bridgehead atoms. The predicted octanol–water partition coefficient (Wildman–Crippen LogP) is 1.69. The predicted molar refractivity (Wildman–Crippen MR) is 81.2 cm³/mol. The first-order valence-corrected chi connectivity index (χ1v) is 6.92. The molecule has 5 heteroatoms. The first-order valence-electron chi connectivity index (χ1n) is 6.92. The van der Waals surface area contributed by atoms with Crippen molar-refractivity contribution in [2.24, 2.45) is 11.1 Å². The first kappa shape index (κ1) is 17.2. The van der Waals surface area contributed by atoms with Crippen molar-refractivity contribution in [1.29, 1.82) is 0 Å². The molecule has 1 aromatic rings. The van der Waals surface area contributed by atoms with Gasteiger partial charge in [0.15, 0.2) is 0 Å². The van der Waals surface area contributed by atoms with Gasteiger partial charge in [-0.3, -0.25) is 9.59 Å². The highest BCUT2D eigenvalue weighted by Crippen LogP contribution is 2.20. The first-order chi connectivity index (χ1) is 9.79. The van der Waals surface area contributed by atoms with E-state index in [2.05, 4.69) is 4.74 Å². The molecule has 0 saturated heterocycles. The molecule has 5 nitrogen and oxygen atoms in total. The lowest BCUT2D eigenvalue weighted by Crippen LogP contribution is -2.42. The topological polar surface area (TPSA) is 72.6 Å². The summed E-state index contributed by atoms with van der Waals surface area (Å²) in [5, 5.41) is 0. The summed E-state index contributed by atoms with van der Waals surface area (Å²) in [6, 6.07) is 7.64. The van der Waals surface area contributed by atoms with E-state index >= 15 is 0 Å². The molecule has 0 spiro atoms. The lowest BCUT2D eigenvalue weighted by Gasteiger charge is -2.29. The SMILES string of the molecule is COC(=O)CN(Cc1ccccc1CN)C(=O)C(C)(C)C. The second-order valence-electron chi connectivity index (χ2n) is 5.96. The average molecular weight is 292 g/mol. The van der Waals surface area contributed by atoms with Gasteiger partial charge in [-0.05, 0) is 11.1 Å². The molecule has 1 amide bonds. The molecule has 0 fully saturated rings. The molecule has 2 N–H and O–H groups in total. The summed E-state index contributed by atoms with van der Waals surface area (Å²) in [6.45, 7) is 6.16. The fourth-order valence-corrected chi connectivity index (χ4v) is 2.01. The molecule has 1 rings (SSSR count). The van der Waals surface area contributed by atoms with Gasteiger partial charge in [-0.15, -0.1) is 0 Å². The third-order valence-corrected chi connectivity index (χ3v) is 3.18. The van der Waals surface area contributed by atoms with Crippen molar-refractivity contribution in [1.82, 2.24) is 4.90 Å². The normalized spacial score (nSPS) is 11.1. The molecule has 21 heavy (non-hydrogen) atoms. The molecule has 1 aromatic carbocycles. The molecule has 0 atom stereocenters. The molecule has 0 radical (unpaired) electrons. The van der Waals surface area contributed by atoms with Gasteiger partial charge in [0.2, 0.25) is 5.91 Å². The summed E-state index contributed by atoms with van der Waals surface area (Å²) in [5.41, 5.74) is 7.07. The Morgan fingerprint density at radius 2 is 1.76 bits per heavy atom. The zero-order valence-corrected chi connectivity index (χ0v) is 13.2. The summed E-state index contributed by atoms with van der Waals surface area (Å²) in [4.78, 5) is 25.6. The molecular formula is C16H24N2O3. The number of esters is 1. The van der Waals surface area contributed by atoms with Crippen molar-refractivity contribution in [3.8, 4) is 0 Å². The highest BCUT2D eigenvalue weighted by molar-refractivity contribution is 5.85. The van der Waals surface area contributed by atoms with Crippen LogP contribution in [0.5, 0.6) is 0 Å². The van der Waals surface area contributed by atoms with E-state index < -0.39 is 11.4 Å². The Balaban J connectivity index is 3.02. The minimum absolute atomic E-state index is 0.0640. The molecule has 0 aliphatic heterocycles. The minimum atomic E-state index is -0.564. The van der Waals surface area contributed by atoms with Gasteiger partial charge in [0.25, 0.3) is 0 Å². The molecule has 0 aliphatic carbocycles. The van der Waals surface area contributed by atoms with Crippen LogP contribution in [0.15, 0.2) is 24.3 Å². The summed E-state index contributed by atoms with van der Waals surface area (Å²) in [7, 11) is 1.32. The number of hydrogen-bond donors (Lipinski definition) is 1. The summed E-state index contributed by atoms with van der Waals surface area (Å²) < 4.78 is 4.68. The number of carbonyl (C=O) groups is 2. The van der Waals surface area contributed by atoms with Crippen LogP contribution >= 0.6 is 0 Å². The second kappa shape index (κ2) is 7.22. The third-order valence-electron chi connectivity index (χ3n) is 3.18. The zero-order valence-electron chi connectivity index (χ0n) is 13.2. The molecule has 0 aromatic heterocycles. The number of hydrogen-bond acceptors (Lipinski definition) is 4. The van der Waals surface area contributed by atoms with Gasteiger partial charge in [-0.2, -0.15) is 0 Å². The van der Waals surface area contributed by atoms with Gasteiger partial charge >= 0.3 is 5.97 Å². The number of carbonyl (C=O) groups excluding carboxylic acids is 2. The van der Waals surface area contributed by atoms with Crippen molar-refractivity contribution in [3.63, 3.8) is 0 Å². The lowest BCUT2D eigenvalue weighted by molar-refractivity contribution is -0.150. The van der Waals surface area contributed by atoms with Crippen LogP contribution in [0.1, 0.15) is 31.9 Å². The Kier molecular flexibility index (Phi) is 5.90. The van der Waals surface area contributed by atoms with Crippen molar-refractivity contribution >= 4 is 11.9 Å². The summed E-state index contributed by atoms with van der Waals surface area (Å²) >= 11 is 0. The lowest BCUT2D eigenvalue weighted by atomic mass is 9.94. The van der Waals surface area contributed by atoms with Gasteiger partial charge in [-0.1, -0.05) is 45.0 Å².